The summed E-state index contributed by atoms with van der Waals surface area (Å²) in [5.41, 5.74) is 10.7. The van der Waals surface area contributed by atoms with Gasteiger partial charge in [-0.2, -0.15) is 4.98 Å². The number of nitrogens with two attached hydrogens (primary N) is 2. The molecular weight excluding hydrogens is 268 g/mol. The second-order valence-electron chi connectivity index (χ2n) is 4.56. The van der Waals surface area contributed by atoms with E-state index in [0.29, 0.717) is 0 Å². The van der Waals surface area contributed by atoms with Gasteiger partial charge < -0.3 is 26.4 Å². The van der Waals surface area contributed by atoms with Crippen molar-refractivity contribution in [3.05, 3.63) is 16.7 Å². The molecule has 0 spiro atoms. The number of ether oxygens (including phenoxy) is 1. The van der Waals surface area contributed by atoms with Gasteiger partial charge in [0.05, 0.1) is 6.33 Å². The van der Waals surface area contributed by atoms with Crippen molar-refractivity contribution in [2.75, 3.05) is 12.3 Å². The quantitative estimate of drug-likeness (QED) is 0.396. The minimum Gasteiger partial charge on any atom is -0.387 e. The summed E-state index contributed by atoms with van der Waals surface area (Å²) in [7, 11) is 0. The van der Waals surface area contributed by atoms with Crippen LogP contribution in [0.5, 0.6) is 0 Å². The second kappa shape index (κ2) is 4.52. The summed E-state index contributed by atoms with van der Waals surface area (Å²) >= 11 is 0. The zero-order chi connectivity index (χ0) is 14.4. The first-order valence-electron chi connectivity index (χ1n) is 5.97. The number of nitrogen functional groups attached to an aromatic ring is 1. The van der Waals surface area contributed by atoms with E-state index in [1.165, 1.54) is 10.9 Å². The van der Waals surface area contributed by atoms with Gasteiger partial charge in [0, 0.05) is 6.54 Å². The highest BCUT2D eigenvalue weighted by Gasteiger charge is 2.43. The summed E-state index contributed by atoms with van der Waals surface area (Å²) in [6, 6.07) is 0. The SMILES string of the molecule is NCC1O[C@@H](n2cnc3c(=O)[nH]c(N)nc32)[C@H](O)C1O. The average Bonchev–Trinajstić information content (AvgIpc) is 2.93. The molecule has 2 aromatic heterocycles. The lowest BCUT2D eigenvalue weighted by Gasteiger charge is -2.16. The molecule has 4 atom stereocenters. The molecule has 0 aliphatic carbocycles. The number of hydrogen-bond donors (Lipinski definition) is 5. The van der Waals surface area contributed by atoms with Crippen LogP contribution in [0.2, 0.25) is 0 Å². The molecular formula is C10H14N6O4. The normalized spacial score (nSPS) is 30.1. The number of aromatic amines is 1. The number of aliphatic hydroxyl groups is 2. The van der Waals surface area contributed by atoms with Crippen LogP contribution in [-0.4, -0.2) is 54.6 Å². The van der Waals surface area contributed by atoms with Crippen molar-refractivity contribution >= 4 is 17.1 Å². The first-order valence-corrected chi connectivity index (χ1v) is 5.97. The van der Waals surface area contributed by atoms with Crippen molar-refractivity contribution in [1.82, 2.24) is 19.5 Å². The molecule has 7 N–H and O–H groups in total. The number of nitrogens with zero attached hydrogens (tertiary/aromatic N) is 3. The molecule has 0 aromatic carbocycles. The van der Waals surface area contributed by atoms with E-state index < -0.39 is 30.1 Å². The molecule has 0 radical (unpaired) electrons. The van der Waals surface area contributed by atoms with Gasteiger partial charge in [-0.3, -0.25) is 14.3 Å². The van der Waals surface area contributed by atoms with E-state index >= 15 is 0 Å². The highest BCUT2D eigenvalue weighted by Crippen LogP contribution is 2.30. The molecule has 1 saturated heterocycles. The largest absolute Gasteiger partial charge is 0.387 e. The van der Waals surface area contributed by atoms with Crippen LogP contribution in [0.25, 0.3) is 11.2 Å². The molecule has 108 valence electrons. The molecule has 2 unspecified atom stereocenters. The fraction of sp³-hybridized carbons (Fsp3) is 0.500. The van der Waals surface area contributed by atoms with Crippen LogP contribution in [0.4, 0.5) is 5.95 Å². The number of H-pyrrole nitrogens is 1. The number of fused-ring (bicyclic) bond motifs is 1. The van der Waals surface area contributed by atoms with E-state index in [2.05, 4.69) is 15.0 Å². The molecule has 2 aromatic rings. The molecule has 3 heterocycles. The van der Waals surface area contributed by atoms with Gasteiger partial charge in [0.1, 0.15) is 18.3 Å². The molecule has 0 amide bonds. The zero-order valence-electron chi connectivity index (χ0n) is 10.3. The van der Waals surface area contributed by atoms with Crippen molar-refractivity contribution in [3.8, 4) is 0 Å². The van der Waals surface area contributed by atoms with E-state index in [4.69, 9.17) is 16.2 Å². The van der Waals surface area contributed by atoms with Crippen molar-refractivity contribution in [3.63, 3.8) is 0 Å². The van der Waals surface area contributed by atoms with Crippen LogP contribution < -0.4 is 17.0 Å². The van der Waals surface area contributed by atoms with Gasteiger partial charge >= 0.3 is 0 Å². The predicted octanol–water partition coefficient (Wildman–Crippen LogP) is -2.72. The highest BCUT2D eigenvalue weighted by molar-refractivity contribution is 5.70. The highest BCUT2D eigenvalue weighted by atomic mass is 16.6. The molecule has 20 heavy (non-hydrogen) atoms. The first-order chi connectivity index (χ1) is 9.52. The fourth-order valence-corrected chi connectivity index (χ4v) is 2.28. The van der Waals surface area contributed by atoms with Gasteiger partial charge in [0.2, 0.25) is 5.95 Å². The lowest BCUT2D eigenvalue weighted by atomic mass is 10.1. The van der Waals surface area contributed by atoms with Crippen molar-refractivity contribution < 1.29 is 14.9 Å². The van der Waals surface area contributed by atoms with Gasteiger partial charge in [0.25, 0.3) is 5.56 Å². The minimum absolute atomic E-state index is 0.0531. The molecule has 1 aliphatic heterocycles. The third kappa shape index (κ3) is 1.78. The fourth-order valence-electron chi connectivity index (χ4n) is 2.28. The molecule has 3 rings (SSSR count). The molecule has 0 saturated carbocycles. The number of rotatable bonds is 2. The van der Waals surface area contributed by atoms with Gasteiger partial charge in [0.15, 0.2) is 17.4 Å². The van der Waals surface area contributed by atoms with Crippen LogP contribution >= 0.6 is 0 Å². The van der Waals surface area contributed by atoms with E-state index in [1.807, 2.05) is 0 Å². The molecule has 10 heteroatoms. The Morgan fingerprint density at radius 1 is 1.45 bits per heavy atom. The Kier molecular flexibility index (Phi) is 2.94. The van der Waals surface area contributed by atoms with Crippen molar-refractivity contribution in [2.24, 2.45) is 5.73 Å². The van der Waals surface area contributed by atoms with E-state index in [0.717, 1.165) is 0 Å². The van der Waals surface area contributed by atoms with Crippen LogP contribution in [-0.2, 0) is 4.74 Å². The lowest BCUT2D eigenvalue weighted by molar-refractivity contribution is -0.0321. The Labute approximate surface area is 112 Å². The number of nitrogens with one attached hydrogen (secondary N) is 1. The van der Waals surface area contributed by atoms with Crippen LogP contribution in [0.3, 0.4) is 0 Å². The lowest BCUT2D eigenvalue weighted by Crippen LogP contribution is -2.35. The standard InChI is InChI=1S/C10H14N6O4/c11-1-3-5(17)6(18)9(20-3)16-2-13-4-7(16)14-10(12)15-8(4)19/h2-3,5-6,9,17-18H,1,11H2,(H3,12,14,15,19)/t3?,5?,6-,9-/m1/s1. The van der Waals surface area contributed by atoms with Gasteiger partial charge in [-0.25, -0.2) is 4.98 Å². The Bertz CT molecular complexity index is 697. The number of anilines is 1. The maximum atomic E-state index is 11.7. The summed E-state index contributed by atoms with van der Waals surface area (Å²) in [6.07, 6.45) is -2.67. The maximum absolute atomic E-state index is 11.7. The smallest absolute Gasteiger partial charge is 0.280 e. The predicted molar refractivity (Wildman–Crippen MR) is 67.5 cm³/mol. The Balaban J connectivity index is 2.09. The van der Waals surface area contributed by atoms with Crippen molar-refractivity contribution in [2.45, 2.75) is 24.5 Å². The van der Waals surface area contributed by atoms with Gasteiger partial charge in [-0.1, -0.05) is 0 Å². The van der Waals surface area contributed by atoms with Gasteiger partial charge in [-0.05, 0) is 0 Å². The third-order valence-corrected chi connectivity index (χ3v) is 3.29. The number of hydrogen-bond acceptors (Lipinski definition) is 8. The molecule has 1 fully saturated rings. The zero-order valence-corrected chi connectivity index (χ0v) is 10.3. The third-order valence-electron chi connectivity index (χ3n) is 3.29. The summed E-state index contributed by atoms with van der Waals surface area (Å²) in [6.45, 7) is 0.0531. The maximum Gasteiger partial charge on any atom is 0.280 e. The second-order valence-corrected chi connectivity index (χ2v) is 4.56. The van der Waals surface area contributed by atoms with Crippen LogP contribution in [0, 0.1) is 0 Å². The topological polar surface area (TPSA) is 165 Å². The Hall–Kier alpha value is -2.01. The summed E-state index contributed by atoms with van der Waals surface area (Å²) < 4.78 is 6.82. The molecule has 1 aliphatic rings. The first kappa shape index (κ1) is 13.0. The monoisotopic (exact) mass is 282 g/mol. The van der Waals surface area contributed by atoms with Crippen molar-refractivity contribution in [1.29, 1.82) is 0 Å². The Morgan fingerprint density at radius 3 is 2.85 bits per heavy atom. The van der Waals surface area contributed by atoms with E-state index in [1.54, 1.807) is 0 Å². The average molecular weight is 282 g/mol. The molecule has 0 bridgehead atoms. The summed E-state index contributed by atoms with van der Waals surface area (Å²) in [5, 5.41) is 19.8. The van der Waals surface area contributed by atoms with E-state index in [-0.39, 0.29) is 23.7 Å². The summed E-state index contributed by atoms with van der Waals surface area (Å²) in [5.74, 6) is -0.0762. The van der Waals surface area contributed by atoms with E-state index in [9.17, 15) is 15.0 Å². The number of imidazole rings is 1. The van der Waals surface area contributed by atoms with Gasteiger partial charge in [-0.15, -0.1) is 0 Å². The molecule has 10 nitrogen and oxygen atoms in total. The minimum atomic E-state index is -1.21. The van der Waals surface area contributed by atoms with Crippen LogP contribution in [0.15, 0.2) is 11.1 Å². The number of aliphatic hydroxyl groups excluding tert-OH is 2. The summed E-state index contributed by atoms with van der Waals surface area (Å²) in [4.78, 5) is 21.9. The Morgan fingerprint density at radius 2 is 2.20 bits per heavy atom. The number of aromatic nitrogens is 4. The van der Waals surface area contributed by atoms with Crippen LogP contribution in [0.1, 0.15) is 6.23 Å².